The normalized spacial score (nSPS) is 21.7. The highest BCUT2D eigenvalue weighted by Crippen LogP contribution is 2.48. The number of hydrogen-bond donors (Lipinski definition) is 1. The van der Waals surface area contributed by atoms with E-state index in [4.69, 9.17) is 75.7 Å². The van der Waals surface area contributed by atoms with Gasteiger partial charge in [0.15, 0.2) is 0 Å². The lowest BCUT2D eigenvalue weighted by Crippen LogP contribution is -2.57. The summed E-state index contributed by atoms with van der Waals surface area (Å²) >= 11 is 5.91. The Morgan fingerprint density at radius 1 is 1.05 bits per heavy atom. The molecular formula is C21H18B7ClFN7O2. The van der Waals surface area contributed by atoms with E-state index in [0.29, 0.717) is 25.0 Å². The van der Waals surface area contributed by atoms with Crippen LogP contribution in [0.5, 0.6) is 11.8 Å². The molecule has 2 aromatic heterocycles. The minimum Gasteiger partial charge on any atom is -0.424 e. The average Bonchev–Trinajstić information content (AvgIpc) is 3.50. The predicted octanol–water partition coefficient (Wildman–Crippen LogP) is 0.861. The molecule has 1 aliphatic heterocycles. The third kappa shape index (κ3) is 5.11. The summed E-state index contributed by atoms with van der Waals surface area (Å²) in [5.41, 5.74) is -2.33. The smallest absolute Gasteiger partial charge is 0.321 e. The summed E-state index contributed by atoms with van der Waals surface area (Å²) in [4.78, 5) is 6.51. The second kappa shape index (κ2) is 9.89. The third-order valence-corrected chi connectivity index (χ3v) is 7.54. The van der Waals surface area contributed by atoms with E-state index in [-0.39, 0.29) is 40.6 Å². The summed E-state index contributed by atoms with van der Waals surface area (Å²) in [6, 6.07) is 3.87. The Hall–Kier alpha value is -2.43. The van der Waals surface area contributed by atoms with Crippen molar-refractivity contribution in [1.82, 2.24) is 25.0 Å². The number of benzene rings is 1. The number of rotatable bonds is 8. The summed E-state index contributed by atoms with van der Waals surface area (Å²) in [7, 11) is 42.4. The summed E-state index contributed by atoms with van der Waals surface area (Å²) in [6.45, 7) is 3.11. The Morgan fingerprint density at radius 2 is 1.69 bits per heavy atom. The number of anilines is 2. The number of nitrogens with one attached hydrogen (secondary N) is 1. The van der Waals surface area contributed by atoms with Gasteiger partial charge in [0, 0.05) is 32.1 Å². The van der Waals surface area contributed by atoms with Crippen LogP contribution in [0.1, 0.15) is 18.7 Å². The van der Waals surface area contributed by atoms with Crippen LogP contribution in [0.3, 0.4) is 0 Å². The van der Waals surface area contributed by atoms with E-state index >= 15 is 0 Å². The molecule has 3 aromatic rings. The Balaban J connectivity index is 1.48. The zero-order valence-corrected chi connectivity index (χ0v) is 21.8. The van der Waals surface area contributed by atoms with Crippen molar-refractivity contribution in [3.63, 3.8) is 0 Å². The van der Waals surface area contributed by atoms with Gasteiger partial charge in [-0.05, 0) is 42.2 Å². The van der Waals surface area contributed by atoms with Gasteiger partial charge in [0.05, 0.1) is 52.1 Å². The first-order valence-corrected chi connectivity index (χ1v) is 12.5. The molecule has 3 heterocycles. The van der Waals surface area contributed by atoms with Crippen LogP contribution in [-0.4, -0.2) is 99.0 Å². The van der Waals surface area contributed by atoms with E-state index in [1.807, 2.05) is 0 Å². The molecule has 14 radical (unpaired) electrons. The number of nitrogens with zero attached hydrogens (tertiary/aromatic N) is 6. The molecule has 1 unspecified atom stereocenters. The quantitative estimate of drug-likeness (QED) is 0.429. The molecule has 5 rings (SSSR count). The number of piperidine rings is 1. The third-order valence-electron chi connectivity index (χ3n) is 7.25. The van der Waals surface area contributed by atoms with Crippen molar-refractivity contribution in [2.75, 3.05) is 23.3 Å². The number of hydrogen-bond acceptors (Lipinski definition) is 8. The van der Waals surface area contributed by atoms with Gasteiger partial charge in [-0.2, -0.15) is 4.98 Å². The largest absolute Gasteiger partial charge is 0.424 e. The first-order chi connectivity index (χ1) is 18.2. The Morgan fingerprint density at radius 3 is 2.23 bits per heavy atom. The highest BCUT2D eigenvalue weighted by atomic mass is 35.5. The van der Waals surface area contributed by atoms with Crippen molar-refractivity contribution < 1.29 is 13.5 Å². The fourth-order valence-corrected chi connectivity index (χ4v) is 5.39. The SMILES string of the molecule is [B]C([B])([B])C([B])(n1nc(NC2[C@@H]3CC[C@H]2CN(c2nnc(C)o2)C3)nc1Oc1ccc(F)c(Cl)c1)C([B])([B])[B]. The monoisotopic (exact) mass is 531 g/mol. The summed E-state index contributed by atoms with van der Waals surface area (Å²) in [6.07, 6.45) is 1.92. The number of halogens is 2. The van der Waals surface area contributed by atoms with E-state index in [1.54, 1.807) is 6.92 Å². The van der Waals surface area contributed by atoms with Crippen LogP contribution in [0.15, 0.2) is 22.6 Å². The van der Waals surface area contributed by atoms with Crippen molar-refractivity contribution in [2.45, 2.75) is 41.5 Å². The van der Waals surface area contributed by atoms with E-state index in [2.05, 4.69) is 30.5 Å². The van der Waals surface area contributed by atoms with Gasteiger partial charge < -0.3 is 19.4 Å². The molecular weight excluding hydrogens is 512 g/mol. The van der Waals surface area contributed by atoms with Crippen LogP contribution in [0.25, 0.3) is 0 Å². The molecule has 1 aliphatic carbocycles. The molecule has 18 heteroatoms. The van der Waals surface area contributed by atoms with Crippen LogP contribution in [-0.2, 0) is 5.44 Å². The van der Waals surface area contributed by atoms with Crippen LogP contribution in [0, 0.1) is 24.6 Å². The zero-order chi connectivity index (χ0) is 28.3. The van der Waals surface area contributed by atoms with Gasteiger partial charge in [0.1, 0.15) is 19.4 Å². The van der Waals surface area contributed by atoms with Crippen molar-refractivity contribution >= 4 is 78.5 Å². The zero-order valence-electron chi connectivity index (χ0n) is 21.1. The molecule has 1 saturated carbocycles. The minimum atomic E-state index is -2.33. The summed E-state index contributed by atoms with van der Waals surface area (Å²) in [5, 5.41) is 11.1. The lowest BCUT2D eigenvalue weighted by Gasteiger charge is -2.54. The van der Waals surface area contributed by atoms with Crippen molar-refractivity contribution in [1.29, 1.82) is 0 Å². The highest BCUT2D eigenvalue weighted by molar-refractivity contribution is 6.68. The molecule has 1 N–H and O–H groups in total. The fraction of sp³-hybridized carbons (Fsp3) is 0.524. The first-order valence-electron chi connectivity index (χ1n) is 12.1. The minimum absolute atomic E-state index is 0.0156. The molecule has 2 fully saturated rings. The van der Waals surface area contributed by atoms with Crippen LogP contribution >= 0.6 is 11.6 Å². The lowest BCUT2D eigenvalue weighted by molar-refractivity contribution is 0.317. The van der Waals surface area contributed by atoms with E-state index in [1.165, 1.54) is 12.1 Å². The maximum atomic E-state index is 13.7. The molecule has 2 bridgehead atoms. The lowest BCUT2D eigenvalue weighted by atomic mass is 9.18. The molecule has 2 aliphatic rings. The second-order valence-electron chi connectivity index (χ2n) is 10.2. The Bertz CT molecular complexity index is 1340. The number of aromatic nitrogens is 5. The molecule has 9 nitrogen and oxygen atoms in total. The highest BCUT2D eigenvalue weighted by Gasteiger charge is 2.48. The molecule has 1 aromatic carbocycles. The standard InChI is InChI=1S/C21H18B7ClFN7O2/c1-9-33-34-18(38-9)36-7-10-2-3-11(8-36)15(10)31-16-32-17(39-12-4-5-14(30)13(29)6-12)37(35-16)19(22,20(23,24)25)21(26,27)28/h4-6,10-11,15H,2-3,7-8H2,1H3,(H,31,35)/t10-,11+,15?. The summed E-state index contributed by atoms with van der Waals surface area (Å²) in [5.74, 6) is 0.473. The number of aryl methyl sites for hydroxylation is 1. The Kier molecular flexibility index (Phi) is 7.13. The molecule has 184 valence electrons. The second-order valence-corrected chi connectivity index (χ2v) is 10.6. The van der Waals surface area contributed by atoms with Gasteiger partial charge in [0.25, 0.3) is 0 Å². The fourth-order valence-electron chi connectivity index (χ4n) is 5.22. The van der Waals surface area contributed by atoms with Crippen molar-refractivity contribution in [3.8, 4) is 11.8 Å². The van der Waals surface area contributed by atoms with E-state index in [0.717, 1.165) is 23.6 Å². The topological polar surface area (TPSA) is 94.1 Å². The van der Waals surface area contributed by atoms with Gasteiger partial charge >= 0.3 is 12.0 Å². The summed E-state index contributed by atoms with van der Waals surface area (Å²) < 4.78 is 26.1. The first kappa shape index (κ1) is 28.1. The average molecular weight is 531 g/mol. The molecule has 39 heavy (non-hydrogen) atoms. The van der Waals surface area contributed by atoms with Crippen LogP contribution in [0.2, 0.25) is 15.2 Å². The van der Waals surface area contributed by atoms with E-state index in [9.17, 15) is 4.39 Å². The Labute approximate surface area is 240 Å². The van der Waals surface area contributed by atoms with Crippen LogP contribution < -0.4 is 15.0 Å². The van der Waals surface area contributed by atoms with Gasteiger partial charge in [0.2, 0.25) is 11.8 Å². The molecule has 0 spiro atoms. The van der Waals surface area contributed by atoms with Gasteiger partial charge in [-0.25, -0.2) is 9.07 Å². The number of ether oxygens (including phenoxy) is 1. The molecule has 0 amide bonds. The van der Waals surface area contributed by atoms with E-state index < -0.39 is 21.5 Å². The van der Waals surface area contributed by atoms with Gasteiger partial charge in [-0.1, -0.05) is 16.7 Å². The molecule has 3 atom stereocenters. The maximum Gasteiger partial charge on any atom is 0.321 e. The molecule has 1 saturated heterocycles. The van der Waals surface area contributed by atoms with Crippen molar-refractivity contribution in [2.24, 2.45) is 11.8 Å². The predicted molar refractivity (Wildman–Crippen MR) is 150 cm³/mol. The van der Waals surface area contributed by atoms with Gasteiger partial charge in [-0.3, -0.25) is 0 Å². The van der Waals surface area contributed by atoms with Crippen LogP contribution in [0.4, 0.5) is 16.4 Å². The maximum absolute atomic E-state index is 13.7. The number of fused-ring (bicyclic) bond motifs is 2. The van der Waals surface area contributed by atoms with Gasteiger partial charge in [-0.15, -0.1) is 20.4 Å². The van der Waals surface area contributed by atoms with Crippen molar-refractivity contribution in [3.05, 3.63) is 34.9 Å².